The topological polar surface area (TPSA) is 69.8 Å². The van der Waals surface area contributed by atoms with Crippen molar-refractivity contribution in [1.29, 1.82) is 0 Å². The third kappa shape index (κ3) is 6.08. The highest BCUT2D eigenvalue weighted by atomic mass is 16.3. The fourth-order valence-electron chi connectivity index (χ4n) is 2.34. The summed E-state index contributed by atoms with van der Waals surface area (Å²) in [5.41, 5.74) is 2.03. The van der Waals surface area contributed by atoms with Crippen LogP contribution in [-0.4, -0.2) is 30.7 Å². The van der Waals surface area contributed by atoms with Crippen molar-refractivity contribution in [3.8, 4) is 0 Å². The van der Waals surface area contributed by atoms with Crippen molar-refractivity contribution >= 4 is 5.96 Å². The molecule has 0 fully saturated rings. The molecule has 1 unspecified atom stereocenters. The summed E-state index contributed by atoms with van der Waals surface area (Å²) >= 11 is 0. The molecule has 1 aromatic carbocycles. The standard InChI is InChI=1S/C19H27N3O2/c1-3-10-20-19(21-11-9-17-8-5-12-24-17)22-14-18(23)16-7-4-6-15(2)13-16/h4-8,12-13,18,23H,3,9-11,14H2,1-2H3,(H2,20,21,22). The van der Waals surface area contributed by atoms with Gasteiger partial charge >= 0.3 is 0 Å². The lowest BCUT2D eigenvalue weighted by Gasteiger charge is -2.14. The van der Waals surface area contributed by atoms with E-state index >= 15 is 0 Å². The Morgan fingerprint density at radius 2 is 2.04 bits per heavy atom. The summed E-state index contributed by atoms with van der Waals surface area (Å²) in [4.78, 5) is 4.50. The maximum atomic E-state index is 10.3. The molecule has 2 aromatic rings. The third-order valence-corrected chi connectivity index (χ3v) is 3.64. The zero-order valence-electron chi connectivity index (χ0n) is 14.5. The molecule has 0 amide bonds. The molecule has 0 saturated carbocycles. The quantitative estimate of drug-likeness (QED) is 0.514. The number of aryl methyl sites for hydroxylation is 1. The average molecular weight is 329 g/mol. The van der Waals surface area contributed by atoms with E-state index in [4.69, 9.17) is 4.42 Å². The average Bonchev–Trinajstić information content (AvgIpc) is 3.10. The molecule has 0 spiro atoms. The number of benzene rings is 1. The van der Waals surface area contributed by atoms with Crippen molar-refractivity contribution in [1.82, 2.24) is 10.6 Å². The Labute approximate surface area is 143 Å². The number of aliphatic hydroxyl groups excluding tert-OH is 1. The monoisotopic (exact) mass is 329 g/mol. The largest absolute Gasteiger partial charge is 0.469 e. The van der Waals surface area contributed by atoms with Gasteiger partial charge in [0.2, 0.25) is 0 Å². The zero-order valence-corrected chi connectivity index (χ0v) is 14.5. The molecule has 2 rings (SSSR count). The van der Waals surface area contributed by atoms with Crippen molar-refractivity contribution in [2.45, 2.75) is 32.8 Å². The molecule has 24 heavy (non-hydrogen) atoms. The van der Waals surface area contributed by atoms with E-state index in [0.29, 0.717) is 6.54 Å². The highest BCUT2D eigenvalue weighted by Gasteiger charge is 2.08. The van der Waals surface area contributed by atoms with Crippen LogP contribution in [0, 0.1) is 6.92 Å². The van der Waals surface area contributed by atoms with E-state index < -0.39 is 6.10 Å². The summed E-state index contributed by atoms with van der Waals surface area (Å²) in [6, 6.07) is 11.7. The molecule has 0 aliphatic carbocycles. The van der Waals surface area contributed by atoms with Crippen LogP contribution in [0.1, 0.15) is 36.3 Å². The summed E-state index contributed by atoms with van der Waals surface area (Å²) < 4.78 is 5.32. The van der Waals surface area contributed by atoms with Crippen molar-refractivity contribution in [3.05, 3.63) is 59.5 Å². The molecule has 0 bridgehead atoms. The van der Waals surface area contributed by atoms with Gasteiger partial charge in [-0.25, -0.2) is 0 Å². The number of aliphatic imine (C=N–C) groups is 1. The second-order valence-corrected chi connectivity index (χ2v) is 5.80. The molecule has 0 radical (unpaired) electrons. The van der Waals surface area contributed by atoms with Gasteiger partial charge in [-0.1, -0.05) is 36.8 Å². The normalized spacial score (nSPS) is 12.9. The van der Waals surface area contributed by atoms with Gasteiger partial charge in [0.25, 0.3) is 0 Å². The van der Waals surface area contributed by atoms with Crippen molar-refractivity contribution in [3.63, 3.8) is 0 Å². The summed E-state index contributed by atoms with van der Waals surface area (Å²) in [5.74, 6) is 1.66. The van der Waals surface area contributed by atoms with Crippen molar-refractivity contribution < 1.29 is 9.52 Å². The van der Waals surface area contributed by atoms with Gasteiger partial charge in [0, 0.05) is 19.5 Å². The Bertz CT molecular complexity index is 623. The first-order valence-electron chi connectivity index (χ1n) is 8.48. The van der Waals surface area contributed by atoms with Crippen LogP contribution >= 0.6 is 0 Å². The molecule has 1 atom stereocenters. The van der Waals surface area contributed by atoms with Gasteiger partial charge in [-0.3, -0.25) is 4.99 Å². The third-order valence-electron chi connectivity index (χ3n) is 3.64. The van der Waals surface area contributed by atoms with E-state index in [9.17, 15) is 5.11 Å². The highest BCUT2D eigenvalue weighted by molar-refractivity contribution is 5.79. The van der Waals surface area contributed by atoms with E-state index in [1.54, 1.807) is 6.26 Å². The number of guanidine groups is 1. The van der Waals surface area contributed by atoms with Crippen LogP contribution in [0.4, 0.5) is 0 Å². The number of rotatable bonds is 8. The van der Waals surface area contributed by atoms with Gasteiger partial charge in [-0.15, -0.1) is 0 Å². The first-order chi connectivity index (χ1) is 11.7. The number of nitrogens with zero attached hydrogens (tertiary/aromatic N) is 1. The lowest BCUT2D eigenvalue weighted by molar-refractivity contribution is 0.187. The Balaban J connectivity index is 1.88. The van der Waals surface area contributed by atoms with E-state index in [1.165, 1.54) is 0 Å². The van der Waals surface area contributed by atoms with E-state index in [1.807, 2.05) is 43.3 Å². The molecule has 1 aromatic heterocycles. The van der Waals surface area contributed by atoms with Gasteiger partial charge in [-0.2, -0.15) is 0 Å². The number of hydrogen-bond donors (Lipinski definition) is 3. The predicted molar refractivity (Wildman–Crippen MR) is 97.1 cm³/mol. The molecular formula is C19H27N3O2. The molecule has 3 N–H and O–H groups in total. The minimum atomic E-state index is -0.602. The van der Waals surface area contributed by atoms with E-state index in [0.717, 1.165) is 48.8 Å². The Kier molecular flexibility index (Phi) is 7.36. The lowest BCUT2D eigenvalue weighted by atomic mass is 10.1. The van der Waals surface area contributed by atoms with E-state index in [-0.39, 0.29) is 0 Å². The number of nitrogens with one attached hydrogen (secondary N) is 2. The van der Waals surface area contributed by atoms with Crippen molar-refractivity contribution in [2.75, 3.05) is 19.6 Å². The molecular weight excluding hydrogens is 302 g/mol. The maximum Gasteiger partial charge on any atom is 0.191 e. The molecule has 5 heteroatoms. The maximum absolute atomic E-state index is 10.3. The van der Waals surface area contributed by atoms with Gasteiger partial charge in [0.15, 0.2) is 5.96 Å². The fourth-order valence-corrected chi connectivity index (χ4v) is 2.34. The fraction of sp³-hybridized carbons (Fsp3) is 0.421. The molecule has 0 saturated heterocycles. The summed E-state index contributed by atoms with van der Waals surface area (Å²) in [6.07, 6.45) is 2.88. The van der Waals surface area contributed by atoms with Gasteiger partial charge in [0.1, 0.15) is 5.76 Å². The van der Waals surface area contributed by atoms with Gasteiger partial charge < -0.3 is 20.2 Å². The van der Waals surface area contributed by atoms with Crippen molar-refractivity contribution in [2.24, 2.45) is 4.99 Å². The van der Waals surface area contributed by atoms with Crippen LogP contribution in [0.3, 0.4) is 0 Å². The first kappa shape index (κ1) is 18.1. The minimum absolute atomic E-state index is 0.323. The smallest absolute Gasteiger partial charge is 0.191 e. The van der Waals surface area contributed by atoms with Crippen LogP contribution in [0.5, 0.6) is 0 Å². The second kappa shape index (κ2) is 9.78. The Morgan fingerprint density at radius 3 is 2.75 bits per heavy atom. The summed E-state index contributed by atoms with van der Waals surface area (Å²) in [7, 11) is 0. The van der Waals surface area contributed by atoms with Crippen LogP contribution in [0.25, 0.3) is 0 Å². The Morgan fingerprint density at radius 1 is 1.21 bits per heavy atom. The minimum Gasteiger partial charge on any atom is -0.469 e. The number of furan rings is 1. The molecule has 130 valence electrons. The predicted octanol–water partition coefficient (Wildman–Crippen LogP) is 2.81. The van der Waals surface area contributed by atoms with Crippen LogP contribution in [0.15, 0.2) is 52.1 Å². The first-order valence-corrected chi connectivity index (χ1v) is 8.48. The second-order valence-electron chi connectivity index (χ2n) is 5.80. The van der Waals surface area contributed by atoms with Gasteiger partial charge in [0.05, 0.1) is 18.9 Å². The molecule has 1 heterocycles. The SMILES string of the molecule is CCCNC(=NCC(O)c1cccc(C)c1)NCCc1ccco1. The number of hydrogen-bond acceptors (Lipinski definition) is 3. The van der Waals surface area contributed by atoms with Gasteiger partial charge in [-0.05, 0) is 31.0 Å². The van der Waals surface area contributed by atoms with Crippen LogP contribution in [-0.2, 0) is 6.42 Å². The number of aliphatic hydroxyl groups is 1. The van der Waals surface area contributed by atoms with E-state index in [2.05, 4.69) is 22.5 Å². The lowest BCUT2D eigenvalue weighted by Crippen LogP contribution is -2.39. The Hall–Kier alpha value is -2.27. The summed E-state index contributed by atoms with van der Waals surface area (Å²) in [5, 5.41) is 16.9. The molecule has 5 nitrogen and oxygen atoms in total. The molecule has 0 aliphatic rings. The van der Waals surface area contributed by atoms with Crippen LogP contribution in [0.2, 0.25) is 0 Å². The zero-order chi connectivity index (χ0) is 17.2. The molecule has 0 aliphatic heterocycles. The highest BCUT2D eigenvalue weighted by Crippen LogP contribution is 2.14. The summed E-state index contributed by atoms with van der Waals surface area (Å²) in [6.45, 7) is 6.01. The van der Waals surface area contributed by atoms with Crippen LogP contribution < -0.4 is 10.6 Å².